The summed E-state index contributed by atoms with van der Waals surface area (Å²) < 4.78 is 0. The van der Waals surface area contributed by atoms with Gasteiger partial charge in [-0.3, -0.25) is 0 Å². The Morgan fingerprint density at radius 1 is 1.62 bits per heavy atom. The molecule has 0 aliphatic carbocycles. The second-order valence-corrected chi connectivity index (χ2v) is 4.83. The highest BCUT2D eigenvalue weighted by atomic mass is 32.2. The van der Waals surface area contributed by atoms with Crippen LogP contribution in [0.2, 0.25) is 0 Å². The Labute approximate surface area is 84.2 Å². The molecule has 76 valence electrons. The van der Waals surface area contributed by atoms with Crippen LogP contribution in [0.25, 0.3) is 0 Å². The van der Waals surface area contributed by atoms with Crippen LogP contribution in [0.3, 0.4) is 0 Å². The number of rotatable bonds is 2. The number of carbonyl (C=O) groups excluding carboxylic acids is 1. The SMILES string of the molecule is CSC1CCN(C(=O)NC(C)C)C1. The average Bonchev–Trinajstić information content (AvgIpc) is 2.50. The molecule has 1 saturated heterocycles. The van der Waals surface area contributed by atoms with Gasteiger partial charge in [-0.2, -0.15) is 11.8 Å². The lowest BCUT2D eigenvalue weighted by Gasteiger charge is -2.18. The third-order valence-corrected chi connectivity index (χ3v) is 3.23. The largest absolute Gasteiger partial charge is 0.336 e. The van der Waals surface area contributed by atoms with Crippen molar-refractivity contribution in [1.82, 2.24) is 10.2 Å². The molecule has 13 heavy (non-hydrogen) atoms. The van der Waals surface area contributed by atoms with Gasteiger partial charge >= 0.3 is 6.03 Å². The van der Waals surface area contributed by atoms with E-state index in [1.54, 1.807) is 0 Å². The molecule has 0 aromatic carbocycles. The van der Waals surface area contributed by atoms with Crippen LogP contribution in [0.4, 0.5) is 4.79 Å². The molecule has 1 aliphatic rings. The van der Waals surface area contributed by atoms with Gasteiger partial charge in [0.1, 0.15) is 0 Å². The quantitative estimate of drug-likeness (QED) is 0.736. The van der Waals surface area contributed by atoms with E-state index in [2.05, 4.69) is 11.6 Å². The van der Waals surface area contributed by atoms with Gasteiger partial charge in [0.25, 0.3) is 0 Å². The minimum absolute atomic E-state index is 0.0894. The van der Waals surface area contributed by atoms with Crippen LogP contribution in [0.1, 0.15) is 20.3 Å². The number of hydrogen-bond donors (Lipinski definition) is 1. The number of nitrogens with zero attached hydrogens (tertiary/aromatic N) is 1. The molecule has 0 aromatic heterocycles. The fraction of sp³-hybridized carbons (Fsp3) is 0.889. The molecule has 1 heterocycles. The van der Waals surface area contributed by atoms with Crippen molar-refractivity contribution >= 4 is 17.8 Å². The summed E-state index contributed by atoms with van der Waals surface area (Å²) in [6, 6.07) is 0.326. The first-order chi connectivity index (χ1) is 6.13. The van der Waals surface area contributed by atoms with Gasteiger partial charge < -0.3 is 10.2 Å². The predicted molar refractivity (Wildman–Crippen MR) is 57.2 cm³/mol. The topological polar surface area (TPSA) is 32.3 Å². The summed E-state index contributed by atoms with van der Waals surface area (Å²) >= 11 is 1.85. The molecule has 1 fully saturated rings. The first-order valence-corrected chi connectivity index (χ1v) is 6.00. The van der Waals surface area contributed by atoms with Crippen molar-refractivity contribution in [2.24, 2.45) is 0 Å². The number of likely N-dealkylation sites (tertiary alicyclic amines) is 1. The van der Waals surface area contributed by atoms with E-state index in [1.807, 2.05) is 30.5 Å². The van der Waals surface area contributed by atoms with Crippen LogP contribution < -0.4 is 5.32 Å². The Morgan fingerprint density at radius 3 is 2.77 bits per heavy atom. The van der Waals surface area contributed by atoms with E-state index in [0.29, 0.717) is 5.25 Å². The van der Waals surface area contributed by atoms with Crippen LogP contribution >= 0.6 is 11.8 Å². The maximum absolute atomic E-state index is 11.5. The van der Waals surface area contributed by atoms with Crippen LogP contribution in [-0.2, 0) is 0 Å². The molecular weight excluding hydrogens is 184 g/mol. The summed E-state index contributed by atoms with van der Waals surface area (Å²) in [5, 5.41) is 3.54. The van der Waals surface area contributed by atoms with Crippen LogP contribution in [-0.4, -0.2) is 41.6 Å². The second kappa shape index (κ2) is 4.74. The Kier molecular flexibility index (Phi) is 3.90. The van der Waals surface area contributed by atoms with E-state index in [4.69, 9.17) is 0 Å². The number of thioether (sulfide) groups is 1. The van der Waals surface area contributed by atoms with Crippen molar-refractivity contribution in [3.8, 4) is 0 Å². The highest BCUT2D eigenvalue weighted by Gasteiger charge is 2.25. The minimum Gasteiger partial charge on any atom is -0.336 e. The lowest BCUT2D eigenvalue weighted by atomic mass is 10.4. The zero-order chi connectivity index (χ0) is 9.84. The first-order valence-electron chi connectivity index (χ1n) is 4.71. The zero-order valence-electron chi connectivity index (χ0n) is 8.54. The van der Waals surface area contributed by atoms with E-state index in [0.717, 1.165) is 19.5 Å². The molecule has 4 heteroatoms. The molecular formula is C9H18N2OS. The van der Waals surface area contributed by atoms with Crippen molar-refractivity contribution in [2.45, 2.75) is 31.6 Å². The van der Waals surface area contributed by atoms with Gasteiger partial charge in [-0.1, -0.05) is 0 Å². The number of urea groups is 1. The Hall–Kier alpha value is -0.380. The predicted octanol–water partition coefficient (Wildman–Crippen LogP) is 1.54. The number of nitrogens with one attached hydrogen (secondary N) is 1. The van der Waals surface area contributed by atoms with E-state index in [1.165, 1.54) is 0 Å². The Balaban J connectivity index is 2.33. The van der Waals surface area contributed by atoms with Crippen molar-refractivity contribution in [1.29, 1.82) is 0 Å². The lowest BCUT2D eigenvalue weighted by Crippen LogP contribution is -2.41. The highest BCUT2D eigenvalue weighted by molar-refractivity contribution is 7.99. The molecule has 3 nitrogen and oxygen atoms in total. The van der Waals surface area contributed by atoms with E-state index < -0.39 is 0 Å². The molecule has 1 atom stereocenters. The van der Waals surface area contributed by atoms with E-state index >= 15 is 0 Å². The van der Waals surface area contributed by atoms with Crippen molar-refractivity contribution in [3.05, 3.63) is 0 Å². The fourth-order valence-electron chi connectivity index (χ4n) is 1.44. The van der Waals surface area contributed by atoms with Gasteiger partial charge in [-0.05, 0) is 26.5 Å². The standard InChI is InChI=1S/C9H18N2OS/c1-7(2)10-9(12)11-5-4-8(6-11)13-3/h7-8H,4-6H2,1-3H3,(H,10,12). The van der Waals surface area contributed by atoms with E-state index in [9.17, 15) is 4.79 Å². The number of carbonyl (C=O) groups is 1. The summed E-state index contributed by atoms with van der Waals surface area (Å²) in [6.07, 6.45) is 3.24. The molecule has 1 unspecified atom stereocenters. The van der Waals surface area contributed by atoms with Gasteiger partial charge in [0, 0.05) is 24.4 Å². The molecule has 0 bridgehead atoms. The third kappa shape index (κ3) is 3.10. The molecule has 0 aromatic rings. The van der Waals surface area contributed by atoms with Crippen molar-refractivity contribution in [2.75, 3.05) is 19.3 Å². The maximum atomic E-state index is 11.5. The average molecular weight is 202 g/mol. The molecule has 0 radical (unpaired) electrons. The van der Waals surface area contributed by atoms with E-state index in [-0.39, 0.29) is 12.1 Å². The summed E-state index contributed by atoms with van der Waals surface area (Å²) in [6.45, 7) is 5.78. The fourth-order valence-corrected chi connectivity index (χ4v) is 2.11. The Morgan fingerprint density at radius 2 is 2.31 bits per heavy atom. The Bertz CT molecular complexity index is 184. The van der Waals surface area contributed by atoms with Gasteiger partial charge in [-0.25, -0.2) is 4.79 Å². The van der Waals surface area contributed by atoms with Crippen LogP contribution in [0.5, 0.6) is 0 Å². The maximum Gasteiger partial charge on any atom is 0.317 e. The van der Waals surface area contributed by atoms with Crippen molar-refractivity contribution in [3.63, 3.8) is 0 Å². The third-order valence-electron chi connectivity index (χ3n) is 2.18. The van der Waals surface area contributed by atoms with Gasteiger partial charge in [-0.15, -0.1) is 0 Å². The van der Waals surface area contributed by atoms with Crippen LogP contribution in [0.15, 0.2) is 0 Å². The van der Waals surface area contributed by atoms with Gasteiger partial charge in [0.15, 0.2) is 0 Å². The molecule has 2 amide bonds. The van der Waals surface area contributed by atoms with Gasteiger partial charge in [0.05, 0.1) is 0 Å². The monoisotopic (exact) mass is 202 g/mol. The summed E-state index contributed by atoms with van der Waals surface area (Å²) in [5.41, 5.74) is 0. The second-order valence-electron chi connectivity index (χ2n) is 3.70. The lowest BCUT2D eigenvalue weighted by molar-refractivity contribution is 0.206. The first kappa shape index (κ1) is 10.7. The molecule has 1 rings (SSSR count). The summed E-state index contributed by atoms with van der Waals surface area (Å²) in [5.74, 6) is 0. The van der Waals surface area contributed by atoms with Crippen molar-refractivity contribution < 1.29 is 4.79 Å². The smallest absolute Gasteiger partial charge is 0.317 e. The molecule has 1 N–H and O–H groups in total. The molecule has 0 saturated carbocycles. The highest BCUT2D eigenvalue weighted by Crippen LogP contribution is 2.19. The number of hydrogen-bond acceptors (Lipinski definition) is 2. The summed E-state index contributed by atoms with van der Waals surface area (Å²) in [7, 11) is 0. The normalized spacial score (nSPS) is 22.5. The summed E-state index contributed by atoms with van der Waals surface area (Å²) in [4.78, 5) is 13.4. The van der Waals surface area contributed by atoms with Gasteiger partial charge in [0.2, 0.25) is 0 Å². The number of amides is 2. The van der Waals surface area contributed by atoms with Crippen LogP contribution in [0, 0.1) is 0 Å². The molecule has 0 spiro atoms. The zero-order valence-corrected chi connectivity index (χ0v) is 9.36. The minimum atomic E-state index is 0.0894. The molecule has 1 aliphatic heterocycles.